The lowest BCUT2D eigenvalue weighted by atomic mass is 10.0. The number of carboxylic acids is 1. The Labute approximate surface area is 270 Å². The molecule has 3 amide bonds. The molecular formula is C34H46N4O6S. The smallest absolute Gasteiger partial charge is 0.326 e. The van der Waals surface area contributed by atoms with Crippen molar-refractivity contribution in [1.82, 2.24) is 20.9 Å². The van der Waals surface area contributed by atoms with Gasteiger partial charge in [-0.15, -0.1) is 24.9 Å². The van der Waals surface area contributed by atoms with Gasteiger partial charge >= 0.3 is 5.97 Å². The highest BCUT2D eigenvalue weighted by Crippen LogP contribution is 2.18. The molecule has 11 heteroatoms. The minimum atomic E-state index is -1.07. The summed E-state index contributed by atoms with van der Waals surface area (Å²) in [5.74, 6) is -1.51. The molecule has 0 aromatic heterocycles. The van der Waals surface area contributed by atoms with Gasteiger partial charge in [0.15, 0.2) is 0 Å². The van der Waals surface area contributed by atoms with Crippen LogP contribution in [0.4, 0.5) is 0 Å². The number of hydrogen-bond acceptors (Lipinski definition) is 7. The predicted molar refractivity (Wildman–Crippen MR) is 179 cm³/mol. The van der Waals surface area contributed by atoms with Crippen LogP contribution in [0, 0.1) is 5.92 Å². The van der Waals surface area contributed by atoms with E-state index in [1.165, 1.54) is 11.8 Å². The van der Waals surface area contributed by atoms with Crippen LogP contribution in [0.25, 0.3) is 0 Å². The van der Waals surface area contributed by atoms with Gasteiger partial charge in [0.05, 0.1) is 17.8 Å². The summed E-state index contributed by atoms with van der Waals surface area (Å²) in [7, 11) is 0. The molecule has 0 saturated heterocycles. The Morgan fingerprint density at radius 3 is 2.09 bits per heavy atom. The highest BCUT2D eigenvalue weighted by Gasteiger charge is 2.27. The van der Waals surface area contributed by atoms with Gasteiger partial charge in [-0.2, -0.15) is 0 Å². The number of phenols is 1. The number of carbonyl (C=O) groups is 4. The third kappa shape index (κ3) is 14.0. The molecule has 0 bridgehead atoms. The summed E-state index contributed by atoms with van der Waals surface area (Å²) in [5.41, 5.74) is 1.79. The third-order valence-electron chi connectivity index (χ3n) is 6.88. The molecule has 2 rings (SSSR count). The summed E-state index contributed by atoms with van der Waals surface area (Å²) in [6, 6.07) is 14.5. The zero-order valence-corrected chi connectivity index (χ0v) is 26.9. The number of phenolic OH excluding ortho intramolecular Hbond substituents is 1. The van der Waals surface area contributed by atoms with Crippen LogP contribution in [0.1, 0.15) is 31.4 Å². The summed E-state index contributed by atoms with van der Waals surface area (Å²) in [6.45, 7) is 12.3. The number of aromatic hydroxyl groups is 1. The molecule has 0 heterocycles. The van der Waals surface area contributed by atoms with Crippen LogP contribution < -0.4 is 16.0 Å². The molecule has 2 aromatic rings. The average Bonchev–Trinajstić information content (AvgIpc) is 3.00. The molecule has 0 aliphatic carbocycles. The Bertz CT molecular complexity index is 1250. The number of carboxylic acid groups (broad SMARTS) is 1. The fourth-order valence-corrected chi connectivity index (χ4v) is 5.69. The quantitative estimate of drug-likeness (QED) is 0.104. The number of amides is 3. The van der Waals surface area contributed by atoms with E-state index in [9.17, 15) is 29.4 Å². The summed E-state index contributed by atoms with van der Waals surface area (Å²) < 4.78 is 0. The number of rotatable bonds is 21. The number of nitrogens with zero attached hydrogens (tertiary/aromatic N) is 1. The Kier molecular flexibility index (Phi) is 16.5. The molecule has 2 aromatic carbocycles. The van der Waals surface area contributed by atoms with E-state index in [1.807, 2.05) is 49.1 Å². The lowest BCUT2D eigenvalue weighted by molar-refractivity contribution is -0.142. The largest absolute Gasteiger partial charge is 0.508 e. The van der Waals surface area contributed by atoms with E-state index in [4.69, 9.17) is 0 Å². The molecular weight excluding hydrogens is 592 g/mol. The highest BCUT2D eigenvalue weighted by molar-refractivity contribution is 8.00. The molecule has 3 unspecified atom stereocenters. The van der Waals surface area contributed by atoms with E-state index in [0.29, 0.717) is 38.1 Å². The van der Waals surface area contributed by atoms with Gasteiger partial charge in [0.25, 0.3) is 0 Å². The second-order valence-corrected chi connectivity index (χ2v) is 12.4. The number of carbonyl (C=O) groups excluding carboxylic acids is 3. The van der Waals surface area contributed by atoms with Crippen LogP contribution in [0.2, 0.25) is 0 Å². The molecule has 244 valence electrons. The van der Waals surface area contributed by atoms with E-state index in [-0.39, 0.29) is 42.5 Å². The first-order valence-corrected chi connectivity index (χ1v) is 16.1. The van der Waals surface area contributed by atoms with Gasteiger partial charge < -0.3 is 26.2 Å². The molecule has 10 nitrogen and oxygen atoms in total. The van der Waals surface area contributed by atoms with E-state index >= 15 is 0 Å². The summed E-state index contributed by atoms with van der Waals surface area (Å²) in [4.78, 5) is 52.6. The van der Waals surface area contributed by atoms with E-state index in [2.05, 4.69) is 29.1 Å². The monoisotopic (exact) mass is 638 g/mol. The zero-order valence-electron chi connectivity index (χ0n) is 26.1. The minimum absolute atomic E-state index is 0.0949. The molecule has 0 aliphatic rings. The molecule has 3 atom stereocenters. The van der Waals surface area contributed by atoms with Crippen molar-refractivity contribution >= 4 is 35.5 Å². The normalized spacial score (nSPS) is 13.0. The Balaban J connectivity index is 1.96. The van der Waals surface area contributed by atoms with Gasteiger partial charge in [-0.1, -0.05) is 68.5 Å². The Morgan fingerprint density at radius 1 is 0.889 bits per heavy atom. The number of thioether (sulfide) groups is 1. The van der Waals surface area contributed by atoms with Crippen molar-refractivity contribution in [2.75, 3.05) is 31.9 Å². The molecule has 0 radical (unpaired) electrons. The highest BCUT2D eigenvalue weighted by atomic mass is 32.2. The van der Waals surface area contributed by atoms with E-state index < -0.39 is 23.3 Å². The number of nitrogens with one attached hydrogen (secondary N) is 3. The van der Waals surface area contributed by atoms with Crippen molar-refractivity contribution in [1.29, 1.82) is 0 Å². The first-order chi connectivity index (χ1) is 21.5. The zero-order chi connectivity index (χ0) is 33.2. The second kappa shape index (κ2) is 20.0. The van der Waals surface area contributed by atoms with Crippen molar-refractivity contribution in [3.63, 3.8) is 0 Å². The predicted octanol–water partition coefficient (Wildman–Crippen LogP) is 3.17. The van der Waals surface area contributed by atoms with Gasteiger partial charge in [-0.05, 0) is 48.4 Å². The van der Waals surface area contributed by atoms with Crippen LogP contribution in [-0.4, -0.2) is 88.1 Å². The van der Waals surface area contributed by atoms with Gasteiger partial charge in [-0.25, -0.2) is 4.79 Å². The van der Waals surface area contributed by atoms with Gasteiger partial charge in [0.2, 0.25) is 17.7 Å². The second-order valence-electron chi connectivity index (χ2n) is 11.1. The average molecular weight is 639 g/mol. The van der Waals surface area contributed by atoms with Crippen molar-refractivity contribution in [2.45, 2.75) is 50.4 Å². The van der Waals surface area contributed by atoms with Gasteiger partial charge in [0, 0.05) is 25.4 Å². The summed E-state index contributed by atoms with van der Waals surface area (Å²) >= 11 is 1.34. The molecule has 0 spiro atoms. The van der Waals surface area contributed by atoms with Crippen molar-refractivity contribution < 1.29 is 29.4 Å². The van der Waals surface area contributed by atoms with Crippen LogP contribution in [0.5, 0.6) is 5.75 Å². The van der Waals surface area contributed by atoms with Crippen molar-refractivity contribution in [2.24, 2.45) is 5.92 Å². The molecule has 0 aliphatic heterocycles. The van der Waals surface area contributed by atoms with Crippen LogP contribution in [0.3, 0.4) is 0 Å². The first kappa shape index (κ1) is 37.1. The fraction of sp³-hybridized carbons (Fsp3) is 0.412. The maximum atomic E-state index is 13.2. The lowest BCUT2D eigenvalue weighted by Gasteiger charge is -2.29. The number of benzene rings is 2. The first-order valence-electron chi connectivity index (χ1n) is 15.0. The van der Waals surface area contributed by atoms with Crippen LogP contribution in [-0.2, 0) is 32.0 Å². The lowest BCUT2D eigenvalue weighted by Crippen LogP contribution is -2.50. The molecule has 0 fully saturated rings. The van der Waals surface area contributed by atoms with Crippen LogP contribution >= 0.6 is 11.8 Å². The molecule has 0 saturated carbocycles. The minimum Gasteiger partial charge on any atom is -0.508 e. The van der Waals surface area contributed by atoms with Crippen molar-refractivity contribution in [3.8, 4) is 5.75 Å². The number of aliphatic carboxylic acids is 1. The summed E-state index contributed by atoms with van der Waals surface area (Å²) in [6.07, 6.45) is 4.48. The maximum Gasteiger partial charge on any atom is 0.326 e. The Hall–Kier alpha value is -4.09. The Morgan fingerprint density at radius 2 is 1.51 bits per heavy atom. The van der Waals surface area contributed by atoms with E-state index in [1.54, 1.807) is 36.4 Å². The standard InChI is InChI=1S/C34H46N4O6S/c1-5-17-38(18-6-2)29(21-26-12-14-27(39)15-13-26)32(41)36-23-31(40)35-16-19-45-30(22-25-10-8-7-9-11-25)33(42)37-28(34(43)44)20-24(3)4/h5-15,24,28-30,39H,1-2,16-23H2,3-4H3,(H,35,40)(H,36,41)(H,37,42)(H,43,44). The number of hydrogen-bond donors (Lipinski definition) is 5. The summed E-state index contributed by atoms with van der Waals surface area (Å²) in [5, 5.41) is 26.8. The third-order valence-corrected chi connectivity index (χ3v) is 8.10. The van der Waals surface area contributed by atoms with Gasteiger partial charge in [0.1, 0.15) is 11.8 Å². The van der Waals surface area contributed by atoms with Crippen LogP contribution in [0.15, 0.2) is 79.9 Å². The van der Waals surface area contributed by atoms with E-state index in [0.717, 1.165) is 11.1 Å². The maximum absolute atomic E-state index is 13.2. The molecule has 5 N–H and O–H groups in total. The van der Waals surface area contributed by atoms with Gasteiger partial charge in [-0.3, -0.25) is 19.3 Å². The van der Waals surface area contributed by atoms with Crippen molar-refractivity contribution in [3.05, 3.63) is 91.0 Å². The molecule has 45 heavy (non-hydrogen) atoms. The fourth-order valence-electron chi connectivity index (χ4n) is 4.66. The topological polar surface area (TPSA) is 148 Å². The SMILES string of the molecule is C=CCN(CC=C)C(Cc1ccc(O)cc1)C(=O)NCC(=O)NCCSC(Cc1ccccc1)C(=O)NC(CC(C)C)C(=O)O.